The number of carbonyl (C=O) groups excluding carboxylic acids is 1. The Labute approximate surface area is 147 Å². The molecule has 1 atom stereocenters. The predicted molar refractivity (Wildman–Crippen MR) is 90.2 cm³/mol. The first-order valence-corrected chi connectivity index (χ1v) is 8.24. The van der Waals surface area contributed by atoms with Crippen LogP contribution >= 0.6 is 0 Å². The maximum absolute atomic E-state index is 12.8. The summed E-state index contributed by atoms with van der Waals surface area (Å²) < 4.78 is 40.1. The molecule has 1 saturated carbocycles. The van der Waals surface area contributed by atoms with Crippen molar-refractivity contribution in [3.8, 4) is 0 Å². The normalized spacial score (nSPS) is 20.2. The highest BCUT2D eigenvalue weighted by Crippen LogP contribution is 2.45. The van der Waals surface area contributed by atoms with Crippen molar-refractivity contribution in [2.75, 3.05) is 5.32 Å². The second-order valence-electron chi connectivity index (χ2n) is 6.75. The van der Waals surface area contributed by atoms with Gasteiger partial charge in [-0.05, 0) is 36.6 Å². The van der Waals surface area contributed by atoms with Crippen LogP contribution in [-0.4, -0.2) is 21.7 Å². The number of fused-ring (bicyclic) bond motifs is 1. The van der Waals surface area contributed by atoms with Crippen molar-refractivity contribution >= 4 is 17.7 Å². The Morgan fingerprint density at radius 3 is 2.77 bits per heavy atom. The fraction of sp³-hybridized carbons (Fsp3) is 0.333. The summed E-state index contributed by atoms with van der Waals surface area (Å²) in [6.45, 7) is 0. The first kappa shape index (κ1) is 16.7. The van der Waals surface area contributed by atoms with Crippen LogP contribution < -0.4 is 10.6 Å². The molecule has 0 bridgehead atoms. The van der Waals surface area contributed by atoms with Gasteiger partial charge in [0.1, 0.15) is 6.04 Å². The number of hydrogen-bond donors (Lipinski definition) is 2. The van der Waals surface area contributed by atoms with Crippen molar-refractivity contribution in [2.45, 2.75) is 30.6 Å². The molecule has 26 heavy (non-hydrogen) atoms. The van der Waals surface area contributed by atoms with Crippen LogP contribution in [0.2, 0.25) is 0 Å². The third-order valence-electron chi connectivity index (χ3n) is 4.81. The van der Waals surface area contributed by atoms with Gasteiger partial charge in [0.15, 0.2) is 0 Å². The number of aromatic nitrogens is 2. The largest absolute Gasteiger partial charge is 0.416 e. The second-order valence-corrected chi connectivity index (χ2v) is 6.75. The number of aryl methyl sites for hydroxylation is 1. The average molecular weight is 362 g/mol. The van der Waals surface area contributed by atoms with Gasteiger partial charge in [0.05, 0.1) is 17.3 Å². The lowest BCUT2D eigenvalue weighted by molar-refractivity contribution is -0.137. The Balaban J connectivity index is 1.49. The van der Waals surface area contributed by atoms with Crippen molar-refractivity contribution in [1.82, 2.24) is 15.1 Å². The second kappa shape index (κ2) is 5.62. The van der Waals surface area contributed by atoms with Gasteiger partial charge in [0, 0.05) is 24.5 Å². The van der Waals surface area contributed by atoms with Gasteiger partial charge in [0.25, 0.3) is 0 Å². The molecule has 1 aromatic carbocycles. The van der Waals surface area contributed by atoms with Crippen molar-refractivity contribution in [2.24, 2.45) is 7.05 Å². The standard InChI is InChI=1S/C18H17F3N4O/c1-25-10-13(9-22-25)17(6-7-17)24-16(26)15-4-2-11-8-12(18(19,20)21)3-5-14(11)23-15/h2-5,8-10,15,23H,6-7H2,1H3,(H,24,26). The first-order valence-electron chi connectivity index (χ1n) is 8.24. The average Bonchev–Trinajstić information content (AvgIpc) is 3.24. The maximum Gasteiger partial charge on any atom is 0.416 e. The molecule has 1 fully saturated rings. The number of anilines is 1. The Morgan fingerprint density at radius 1 is 1.38 bits per heavy atom. The highest BCUT2D eigenvalue weighted by Gasteiger charge is 2.47. The van der Waals surface area contributed by atoms with Crippen molar-refractivity contribution in [1.29, 1.82) is 0 Å². The van der Waals surface area contributed by atoms with E-state index in [2.05, 4.69) is 15.7 Å². The molecule has 0 radical (unpaired) electrons. The summed E-state index contributed by atoms with van der Waals surface area (Å²) >= 11 is 0. The van der Waals surface area contributed by atoms with Gasteiger partial charge in [-0.25, -0.2) is 0 Å². The highest BCUT2D eigenvalue weighted by molar-refractivity contribution is 5.91. The Morgan fingerprint density at radius 2 is 2.15 bits per heavy atom. The van der Waals surface area contributed by atoms with E-state index >= 15 is 0 Å². The molecule has 5 nitrogen and oxygen atoms in total. The summed E-state index contributed by atoms with van der Waals surface area (Å²) in [5.74, 6) is -0.215. The minimum absolute atomic E-state index is 0.215. The lowest BCUT2D eigenvalue weighted by atomic mass is 10.0. The van der Waals surface area contributed by atoms with Crippen LogP contribution in [-0.2, 0) is 23.6 Å². The molecule has 1 aromatic heterocycles. The summed E-state index contributed by atoms with van der Waals surface area (Å²) in [7, 11) is 1.82. The van der Waals surface area contributed by atoms with E-state index in [0.29, 0.717) is 11.3 Å². The van der Waals surface area contributed by atoms with Gasteiger partial charge >= 0.3 is 6.18 Å². The van der Waals surface area contributed by atoms with Crippen molar-refractivity contribution < 1.29 is 18.0 Å². The zero-order valence-electron chi connectivity index (χ0n) is 14.0. The van der Waals surface area contributed by atoms with Crippen LogP contribution in [0.1, 0.15) is 29.5 Å². The van der Waals surface area contributed by atoms with E-state index in [-0.39, 0.29) is 11.4 Å². The number of alkyl halides is 3. The van der Waals surface area contributed by atoms with Crippen LogP contribution in [0.4, 0.5) is 18.9 Å². The minimum atomic E-state index is -4.39. The maximum atomic E-state index is 12.8. The van der Waals surface area contributed by atoms with Crippen LogP contribution in [0.5, 0.6) is 0 Å². The molecule has 1 unspecified atom stereocenters. The molecule has 1 aliphatic heterocycles. The summed E-state index contributed by atoms with van der Waals surface area (Å²) in [4.78, 5) is 12.6. The molecule has 4 rings (SSSR count). The molecular formula is C18H17F3N4O. The van der Waals surface area contributed by atoms with Crippen molar-refractivity contribution in [3.63, 3.8) is 0 Å². The lowest BCUT2D eigenvalue weighted by Gasteiger charge is -2.25. The fourth-order valence-corrected chi connectivity index (χ4v) is 3.17. The van der Waals surface area contributed by atoms with E-state index < -0.39 is 17.8 Å². The van der Waals surface area contributed by atoms with Gasteiger partial charge in [-0.1, -0.05) is 12.2 Å². The molecule has 8 heteroatoms. The van der Waals surface area contributed by atoms with Crippen molar-refractivity contribution in [3.05, 3.63) is 53.4 Å². The monoisotopic (exact) mass is 362 g/mol. The molecule has 2 aromatic rings. The zero-order chi connectivity index (χ0) is 18.5. The quantitative estimate of drug-likeness (QED) is 0.882. The smallest absolute Gasteiger partial charge is 0.370 e. The third kappa shape index (κ3) is 2.95. The Hall–Kier alpha value is -2.77. The topological polar surface area (TPSA) is 59.0 Å². The molecule has 2 N–H and O–H groups in total. The summed E-state index contributed by atoms with van der Waals surface area (Å²) in [6.07, 6.45) is 4.04. The van der Waals surface area contributed by atoms with Crippen LogP contribution in [0.25, 0.3) is 6.08 Å². The summed E-state index contributed by atoms with van der Waals surface area (Å²) in [5, 5.41) is 10.2. The highest BCUT2D eigenvalue weighted by atomic mass is 19.4. The summed E-state index contributed by atoms with van der Waals surface area (Å²) in [6, 6.07) is 2.81. The fourth-order valence-electron chi connectivity index (χ4n) is 3.17. The molecule has 2 aliphatic rings. The molecule has 0 saturated heterocycles. The first-order chi connectivity index (χ1) is 12.3. The lowest BCUT2D eigenvalue weighted by Crippen LogP contribution is -2.44. The van der Waals surface area contributed by atoms with E-state index in [1.54, 1.807) is 23.0 Å². The van der Waals surface area contributed by atoms with E-state index in [1.165, 1.54) is 6.07 Å². The van der Waals surface area contributed by atoms with Gasteiger partial charge in [-0.2, -0.15) is 18.3 Å². The molecular weight excluding hydrogens is 345 g/mol. The number of rotatable bonds is 3. The molecule has 2 heterocycles. The number of nitrogens with one attached hydrogen (secondary N) is 2. The predicted octanol–water partition coefficient (Wildman–Crippen LogP) is 3.05. The molecule has 1 amide bonds. The number of halogens is 3. The van der Waals surface area contributed by atoms with Crippen LogP contribution in [0, 0.1) is 0 Å². The Kier molecular flexibility index (Phi) is 3.61. The van der Waals surface area contributed by atoms with E-state index in [0.717, 1.165) is 30.5 Å². The number of nitrogens with zero attached hydrogens (tertiary/aromatic N) is 2. The number of carbonyl (C=O) groups is 1. The molecule has 1 aliphatic carbocycles. The molecule has 0 spiro atoms. The third-order valence-corrected chi connectivity index (χ3v) is 4.81. The Bertz CT molecular complexity index is 896. The van der Waals surface area contributed by atoms with E-state index in [4.69, 9.17) is 0 Å². The summed E-state index contributed by atoms with van der Waals surface area (Å²) in [5.41, 5.74) is 0.785. The number of amides is 1. The van der Waals surface area contributed by atoms with Gasteiger partial charge in [0.2, 0.25) is 5.91 Å². The number of hydrogen-bond acceptors (Lipinski definition) is 3. The van der Waals surface area contributed by atoms with Gasteiger partial charge < -0.3 is 10.6 Å². The van der Waals surface area contributed by atoms with Crippen LogP contribution in [0.15, 0.2) is 36.7 Å². The van der Waals surface area contributed by atoms with E-state index in [9.17, 15) is 18.0 Å². The van der Waals surface area contributed by atoms with E-state index in [1.807, 2.05) is 13.2 Å². The van der Waals surface area contributed by atoms with Crippen LogP contribution in [0.3, 0.4) is 0 Å². The SMILES string of the molecule is Cn1cc(C2(NC(=O)C3C=Cc4cc(C(F)(F)F)ccc4N3)CC2)cn1. The minimum Gasteiger partial charge on any atom is -0.370 e. The number of benzene rings is 1. The van der Waals surface area contributed by atoms with Gasteiger partial charge in [-0.3, -0.25) is 9.48 Å². The van der Waals surface area contributed by atoms with Gasteiger partial charge in [-0.15, -0.1) is 0 Å². The molecule has 136 valence electrons. The zero-order valence-corrected chi connectivity index (χ0v) is 14.0.